The molecule has 8 nitrogen and oxygen atoms in total. The van der Waals surface area contributed by atoms with E-state index in [0.29, 0.717) is 24.5 Å². The zero-order chi connectivity index (χ0) is 14.9. The summed E-state index contributed by atoms with van der Waals surface area (Å²) in [5, 5.41) is 18.2. The van der Waals surface area contributed by atoms with Crippen molar-refractivity contribution in [3.8, 4) is 0 Å². The van der Waals surface area contributed by atoms with Gasteiger partial charge in [-0.2, -0.15) is 9.98 Å². The zero-order valence-electron chi connectivity index (χ0n) is 11.2. The first-order valence-electron chi connectivity index (χ1n) is 6.68. The van der Waals surface area contributed by atoms with Crippen LogP contribution in [-0.4, -0.2) is 53.2 Å². The van der Waals surface area contributed by atoms with Gasteiger partial charge in [0.1, 0.15) is 5.70 Å². The molecule has 112 valence electrons. The molecule has 0 radical (unpaired) electrons. The molecule has 1 fully saturated rings. The summed E-state index contributed by atoms with van der Waals surface area (Å²) in [5.74, 6) is 0.772. The van der Waals surface area contributed by atoms with Crippen molar-refractivity contribution in [1.29, 1.82) is 0 Å². The van der Waals surface area contributed by atoms with Crippen LogP contribution in [0.25, 0.3) is 0 Å². The molecule has 0 aromatic heterocycles. The molecule has 21 heavy (non-hydrogen) atoms. The summed E-state index contributed by atoms with van der Waals surface area (Å²) >= 11 is 1.23. The monoisotopic (exact) mass is 309 g/mol. The number of quaternary nitrogens is 1. The number of rotatable bonds is 4. The fourth-order valence-electron chi connectivity index (χ4n) is 2.36. The third-order valence-corrected chi connectivity index (χ3v) is 4.51. The largest absolute Gasteiger partial charge is 0.620 e. The fourth-order valence-corrected chi connectivity index (χ4v) is 3.30. The van der Waals surface area contributed by atoms with E-state index in [1.807, 2.05) is 0 Å². The number of carbonyl (C=O) groups is 2. The van der Waals surface area contributed by atoms with Crippen molar-refractivity contribution >= 4 is 35.5 Å². The number of hydroxylamine groups is 3. The van der Waals surface area contributed by atoms with Crippen LogP contribution in [0.3, 0.4) is 0 Å². The molecule has 0 aromatic rings. The maximum Gasteiger partial charge on any atom is 0.258 e. The normalized spacial score (nSPS) is 30.5. The first kappa shape index (κ1) is 14.2. The van der Waals surface area contributed by atoms with E-state index in [1.54, 1.807) is 0 Å². The van der Waals surface area contributed by atoms with Crippen molar-refractivity contribution in [3.05, 3.63) is 16.7 Å². The van der Waals surface area contributed by atoms with Gasteiger partial charge in [-0.3, -0.25) is 14.2 Å². The molecule has 0 aromatic carbocycles. The van der Waals surface area contributed by atoms with Gasteiger partial charge in [-0.1, -0.05) is 11.8 Å². The van der Waals surface area contributed by atoms with Crippen molar-refractivity contribution in [1.82, 2.24) is 10.6 Å². The first-order valence-corrected chi connectivity index (χ1v) is 7.67. The summed E-state index contributed by atoms with van der Waals surface area (Å²) < 4.78 is -0.825. The average molecular weight is 309 g/mol. The Morgan fingerprint density at radius 1 is 1.57 bits per heavy atom. The molecular formula is C12H15N5O3S. The molecule has 0 aliphatic carbocycles. The standard InChI is InChI=1S/C12H15N5O3S/c18-10(16-8-2-4-21-12(8)19)1-3-17(20)7-15-9-5-13-6-14-11(9)17/h6-8H,1-5H2,(H,13,14)(H,16,18). The number of hydrogen-bond donors (Lipinski definition) is 2. The molecule has 0 saturated carbocycles. The van der Waals surface area contributed by atoms with E-state index in [4.69, 9.17) is 0 Å². The number of nitrogens with zero attached hydrogens (tertiary/aromatic N) is 3. The molecule has 2 N–H and O–H groups in total. The van der Waals surface area contributed by atoms with E-state index in [0.717, 1.165) is 5.75 Å². The summed E-state index contributed by atoms with van der Waals surface area (Å²) in [6.45, 7) is 0.497. The predicted octanol–water partition coefficient (Wildman–Crippen LogP) is -0.318. The second-order valence-corrected chi connectivity index (χ2v) is 6.10. The van der Waals surface area contributed by atoms with Gasteiger partial charge in [0.25, 0.3) is 5.82 Å². The van der Waals surface area contributed by atoms with Crippen LogP contribution in [0.1, 0.15) is 12.8 Å². The molecule has 1 amide bonds. The van der Waals surface area contributed by atoms with Crippen LogP contribution >= 0.6 is 11.8 Å². The molecule has 2 atom stereocenters. The van der Waals surface area contributed by atoms with Gasteiger partial charge in [-0.15, -0.1) is 0 Å². The van der Waals surface area contributed by atoms with Crippen molar-refractivity contribution < 1.29 is 14.2 Å². The molecule has 3 heterocycles. The second kappa shape index (κ2) is 5.58. The highest BCUT2D eigenvalue weighted by Gasteiger charge is 2.33. The highest BCUT2D eigenvalue weighted by Crippen LogP contribution is 2.27. The van der Waals surface area contributed by atoms with E-state index >= 15 is 0 Å². The van der Waals surface area contributed by atoms with Gasteiger partial charge in [0.15, 0.2) is 6.34 Å². The van der Waals surface area contributed by atoms with Gasteiger partial charge in [0.05, 0.1) is 31.9 Å². The molecule has 9 heteroatoms. The van der Waals surface area contributed by atoms with Crippen molar-refractivity contribution in [3.63, 3.8) is 0 Å². The Morgan fingerprint density at radius 2 is 2.43 bits per heavy atom. The summed E-state index contributed by atoms with van der Waals surface area (Å²) in [7, 11) is 0. The minimum absolute atomic E-state index is 0.00921. The van der Waals surface area contributed by atoms with Crippen LogP contribution in [0, 0.1) is 5.21 Å². The Kier molecular flexibility index (Phi) is 3.79. The third kappa shape index (κ3) is 2.85. The Morgan fingerprint density at radius 3 is 3.19 bits per heavy atom. The Bertz CT molecular complexity index is 573. The lowest BCUT2D eigenvalue weighted by atomic mass is 10.2. The lowest BCUT2D eigenvalue weighted by molar-refractivity contribution is -0.738. The smallest absolute Gasteiger partial charge is 0.258 e. The maximum atomic E-state index is 12.6. The molecule has 0 spiro atoms. The number of hydrogen-bond acceptors (Lipinski definition) is 7. The van der Waals surface area contributed by atoms with Crippen LogP contribution in [-0.2, 0) is 9.59 Å². The quantitative estimate of drug-likeness (QED) is 0.547. The molecule has 0 bridgehead atoms. The van der Waals surface area contributed by atoms with Gasteiger partial charge in [0, 0.05) is 5.75 Å². The van der Waals surface area contributed by atoms with Gasteiger partial charge >= 0.3 is 0 Å². The topological polar surface area (TPSA) is 106 Å². The zero-order valence-corrected chi connectivity index (χ0v) is 12.1. The molecule has 3 aliphatic rings. The minimum Gasteiger partial charge on any atom is -0.620 e. The third-order valence-electron chi connectivity index (χ3n) is 3.51. The molecule has 1 saturated heterocycles. The van der Waals surface area contributed by atoms with Gasteiger partial charge in [0.2, 0.25) is 11.0 Å². The minimum atomic E-state index is -0.825. The Labute approximate surface area is 125 Å². The highest BCUT2D eigenvalue weighted by atomic mass is 32.2. The van der Waals surface area contributed by atoms with Crippen LogP contribution < -0.4 is 10.6 Å². The average Bonchev–Trinajstić information content (AvgIpc) is 3.03. The number of thioether (sulfide) groups is 1. The molecular weight excluding hydrogens is 294 g/mol. The summed E-state index contributed by atoms with van der Waals surface area (Å²) in [4.78, 5) is 31.4. The van der Waals surface area contributed by atoms with E-state index in [-0.39, 0.29) is 24.0 Å². The van der Waals surface area contributed by atoms with E-state index in [2.05, 4.69) is 20.6 Å². The SMILES string of the molecule is O=C(CC[N+]1([O-])C=NC2=C1N=CNC2)NC1CCSC1=O. The van der Waals surface area contributed by atoms with Gasteiger partial charge < -0.3 is 15.8 Å². The number of carbonyl (C=O) groups excluding carboxylic acids is 2. The highest BCUT2D eigenvalue weighted by molar-refractivity contribution is 8.14. The van der Waals surface area contributed by atoms with Crippen molar-refractivity contribution in [2.45, 2.75) is 18.9 Å². The van der Waals surface area contributed by atoms with Crippen LogP contribution in [0.15, 0.2) is 21.5 Å². The van der Waals surface area contributed by atoms with Crippen molar-refractivity contribution in [2.24, 2.45) is 9.98 Å². The predicted molar refractivity (Wildman–Crippen MR) is 79.1 cm³/mol. The lowest BCUT2D eigenvalue weighted by Crippen LogP contribution is -2.43. The van der Waals surface area contributed by atoms with Crippen molar-refractivity contribution in [2.75, 3.05) is 18.8 Å². The second-order valence-electron chi connectivity index (χ2n) is 5.00. The number of nitrogens with one attached hydrogen (secondary N) is 2. The number of amides is 1. The van der Waals surface area contributed by atoms with E-state index in [9.17, 15) is 14.8 Å². The first-order chi connectivity index (χ1) is 10.1. The Balaban J connectivity index is 1.56. The van der Waals surface area contributed by atoms with Gasteiger partial charge in [-0.25, -0.2) is 0 Å². The molecule has 2 unspecified atom stereocenters. The fraction of sp³-hybridized carbons (Fsp3) is 0.500. The van der Waals surface area contributed by atoms with Crippen LogP contribution in [0.4, 0.5) is 0 Å². The van der Waals surface area contributed by atoms with E-state index < -0.39 is 10.7 Å². The van der Waals surface area contributed by atoms with Gasteiger partial charge in [-0.05, 0) is 6.42 Å². The molecule has 3 aliphatic heterocycles. The van der Waals surface area contributed by atoms with Crippen LogP contribution in [0.5, 0.6) is 0 Å². The summed E-state index contributed by atoms with van der Waals surface area (Å²) in [6.07, 6.45) is 3.41. The maximum absolute atomic E-state index is 12.6. The summed E-state index contributed by atoms with van der Waals surface area (Å²) in [6, 6.07) is -0.415. The molecule has 3 rings (SSSR count). The lowest BCUT2D eigenvalue weighted by Gasteiger charge is -2.34. The number of aliphatic imine (C=N–C) groups is 2. The van der Waals surface area contributed by atoms with Crippen LogP contribution in [0.2, 0.25) is 0 Å². The Hall–Kier alpha value is -1.71. The summed E-state index contributed by atoms with van der Waals surface area (Å²) in [5.41, 5.74) is 0.607. The van der Waals surface area contributed by atoms with E-state index in [1.165, 1.54) is 24.4 Å².